The number of piperazine rings is 1. The zero-order valence-corrected chi connectivity index (χ0v) is 12.6. The van der Waals surface area contributed by atoms with Gasteiger partial charge in [-0.3, -0.25) is 10.1 Å². The first-order valence-corrected chi connectivity index (χ1v) is 7.80. The topological polar surface area (TPSA) is 83.8 Å². The van der Waals surface area contributed by atoms with Crippen LogP contribution in [0.5, 0.6) is 0 Å². The standard InChI is InChI=1S/C12H16FN3O4S/c1-9-7-10(8-11(12(9)13)16(17)18)21(19,20)15-5-3-14(2)4-6-15/h7-8H,3-6H2,1-2H3. The minimum Gasteiger partial charge on any atom is -0.304 e. The zero-order valence-electron chi connectivity index (χ0n) is 11.7. The molecule has 1 heterocycles. The predicted octanol–water partition coefficient (Wildman–Crippen LogP) is 0.978. The van der Waals surface area contributed by atoms with Gasteiger partial charge in [0.25, 0.3) is 0 Å². The first kappa shape index (κ1) is 15.8. The Balaban J connectivity index is 2.43. The molecular weight excluding hydrogens is 301 g/mol. The number of halogens is 1. The summed E-state index contributed by atoms with van der Waals surface area (Å²) in [5.41, 5.74) is -0.875. The van der Waals surface area contributed by atoms with Gasteiger partial charge in [0.05, 0.1) is 9.82 Å². The molecule has 0 saturated carbocycles. The highest BCUT2D eigenvalue weighted by atomic mass is 32.2. The summed E-state index contributed by atoms with van der Waals surface area (Å²) in [5, 5.41) is 10.8. The van der Waals surface area contributed by atoms with Crippen LogP contribution in [0.4, 0.5) is 10.1 Å². The molecule has 116 valence electrons. The highest BCUT2D eigenvalue weighted by molar-refractivity contribution is 7.89. The van der Waals surface area contributed by atoms with Gasteiger partial charge in [-0.15, -0.1) is 0 Å². The SMILES string of the molecule is Cc1cc(S(=O)(=O)N2CCN(C)CC2)cc([N+](=O)[O-])c1F. The lowest BCUT2D eigenvalue weighted by molar-refractivity contribution is -0.387. The molecule has 1 aromatic carbocycles. The quantitative estimate of drug-likeness (QED) is 0.613. The third-order valence-electron chi connectivity index (χ3n) is 3.51. The Morgan fingerprint density at radius 2 is 1.81 bits per heavy atom. The molecule has 0 aliphatic carbocycles. The first-order valence-electron chi connectivity index (χ1n) is 6.36. The van der Waals surface area contributed by atoms with Gasteiger partial charge in [-0.05, 0) is 25.6 Å². The van der Waals surface area contributed by atoms with Gasteiger partial charge in [0.15, 0.2) is 0 Å². The third-order valence-corrected chi connectivity index (χ3v) is 5.38. The van der Waals surface area contributed by atoms with E-state index in [1.165, 1.54) is 11.2 Å². The fourth-order valence-corrected chi connectivity index (χ4v) is 3.71. The van der Waals surface area contributed by atoms with E-state index in [2.05, 4.69) is 0 Å². The molecule has 0 radical (unpaired) electrons. The van der Waals surface area contributed by atoms with E-state index in [0.29, 0.717) is 26.2 Å². The molecule has 1 aliphatic heterocycles. The number of hydrogen-bond acceptors (Lipinski definition) is 5. The number of likely N-dealkylation sites (N-methyl/N-ethyl adjacent to an activating group) is 1. The number of benzene rings is 1. The molecule has 1 fully saturated rings. The van der Waals surface area contributed by atoms with E-state index < -0.39 is 26.5 Å². The average Bonchev–Trinajstić information content (AvgIpc) is 2.41. The molecule has 0 amide bonds. The largest absolute Gasteiger partial charge is 0.306 e. The Morgan fingerprint density at radius 1 is 1.24 bits per heavy atom. The lowest BCUT2D eigenvalue weighted by Gasteiger charge is -2.31. The summed E-state index contributed by atoms with van der Waals surface area (Å²) in [6, 6.07) is 1.92. The number of nitro benzene ring substituents is 1. The Bertz CT molecular complexity index is 669. The van der Waals surface area contributed by atoms with Gasteiger partial charge in [0.2, 0.25) is 15.8 Å². The maximum atomic E-state index is 13.7. The molecular formula is C12H16FN3O4S. The second-order valence-corrected chi connectivity index (χ2v) is 6.98. The minimum absolute atomic E-state index is 0.0584. The molecule has 21 heavy (non-hydrogen) atoms. The highest BCUT2D eigenvalue weighted by Crippen LogP contribution is 2.27. The van der Waals surface area contributed by atoms with Crippen molar-refractivity contribution >= 4 is 15.7 Å². The van der Waals surface area contributed by atoms with Crippen molar-refractivity contribution in [2.24, 2.45) is 0 Å². The van der Waals surface area contributed by atoms with Crippen LogP contribution in [0.15, 0.2) is 17.0 Å². The van der Waals surface area contributed by atoms with Crippen LogP contribution in [0.3, 0.4) is 0 Å². The molecule has 1 saturated heterocycles. The molecule has 9 heteroatoms. The van der Waals surface area contributed by atoms with Crippen LogP contribution < -0.4 is 0 Å². The van der Waals surface area contributed by atoms with Gasteiger partial charge in [-0.1, -0.05) is 0 Å². The second-order valence-electron chi connectivity index (χ2n) is 5.04. The van der Waals surface area contributed by atoms with Crippen molar-refractivity contribution in [3.8, 4) is 0 Å². The van der Waals surface area contributed by atoms with E-state index in [9.17, 15) is 22.9 Å². The minimum atomic E-state index is -3.85. The van der Waals surface area contributed by atoms with E-state index in [0.717, 1.165) is 12.1 Å². The van der Waals surface area contributed by atoms with Crippen molar-refractivity contribution < 1.29 is 17.7 Å². The van der Waals surface area contributed by atoms with Crippen molar-refractivity contribution in [3.63, 3.8) is 0 Å². The normalized spacial score (nSPS) is 17.9. The summed E-state index contributed by atoms with van der Waals surface area (Å²) in [6.45, 7) is 3.10. The van der Waals surface area contributed by atoms with Crippen LogP contribution in [-0.4, -0.2) is 55.8 Å². The van der Waals surface area contributed by atoms with Crippen LogP contribution in [0.25, 0.3) is 0 Å². The van der Waals surface area contributed by atoms with Gasteiger partial charge < -0.3 is 4.90 Å². The summed E-state index contributed by atoms with van der Waals surface area (Å²) < 4.78 is 39.9. The van der Waals surface area contributed by atoms with Crippen LogP contribution >= 0.6 is 0 Å². The van der Waals surface area contributed by atoms with E-state index in [1.54, 1.807) is 0 Å². The number of nitrogens with zero attached hydrogens (tertiary/aromatic N) is 3. The molecule has 2 rings (SSSR count). The van der Waals surface area contributed by atoms with Crippen molar-refractivity contribution in [2.75, 3.05) is 33.2 Å². The second kappa shape index (κ2) is 5.66. The number of hydrogen-bond donors (Lipinski definition) is 0. The van der Waals surface area contributed by atoms with Crippen LogP contribution in [-0.2, 0) is 10.0 Å². The predicted molar refractivity (Wildman–Crippen MR) is 74.0 cm³/mol. The first-order chi connectivity index (χ1) is 9.73. The molecule has 0 bridgehead atoms. The molecule has 0 atom stereocenters. The third kappa shape index (κ3) is 3.04. The van der Waals surface area contributed by atoms with Crippen molar-refractivity contribution in [2.45, 2.75) is 11.8 Å². The molecule has 1 aliphatic rings. The summed E-state index contributed by atoms with van der Waals surface area (Å²) in [6.07, 6.45) is 0. The molecule has 0 N–H and O–H groups in total. The highest BCUT2D eigenvalue weighted by Gasteiger charge is 2.30. The summed E-state index contributed by atoms with van der Waals surface area (Å²) in [7, 11) is -1.96. The fraction of sp³-hybridized carbons (Fsp3) is 0.500. The number of rotatable bonds is 3. The molecule has 1 aromatic rings. The molecule has 7 nitrogen and oxygen atoms in total. The van der Waals surface area contributed by atoms with E-state index in [-0.39, 0.29) is 10.5 Å². The van der Waals surface area contributed by atoms with Crippen LogP contribution in [0.2, 0.25) is 0 Å². The maximum absolute atomic E-state index is 13.7. The van der Waals surface area contributed by atoms with E-state index >= 15 is 0 Å². The van der Waals surface area contributed by atoms with Gasteiger partial charge >= 0.3 is 5.69 Å². The van der Waals surface area contributed by atoms with E-state index in [1.807, 2.05) is 11.9 Å². The lowest BCUT2D eigenvalue weighted by Crippen LogP contribution is -2.47. The van der Waals surface area contributed by atoms with Gasteiger partial charge in [0.1, 0.15) is 0 Å². The van der Waals surface area contributed by atoms with Gasteiger partial charge in [-0.2, -0.15) is 8.70 Å². The Labute approximate surface area is 122 Å². The van der Waals surface area contributed by atoms with Crippen molar-refractivity contribution in [3.05, 3.63) is 33.6 Å². The summed E-state index contributed by atoms with van der Waals surface area (Å²) in [5.74, 6) is -1.00. The number of sulfonamides is 1. The molecule has 0 aromatic heterocycles. The van der Waals surface area contributed by atoms with Crippen LogP contribution in [0.1, 0.15) is 5.56 Å². The fourth-order valence-electron chi connectivity index (χ4n) is 2.18. The molecule has 0 unspecified atom stereocenters. The van der Waals surface area contributed by atoms with Crippen molar-refractivity contribution in [1.82, 2.24) is 9.21 Å². The van der Waals surface area contributed by atoms with Gasteiger partial charge in [0, 0.05) is 32.2 Å². The summed E-state index contributed by atoms with van der Waals surface area (Å²) >= 11 is 0. The maximum Gasteiger partial charge on any atom is 0.306 e. The Morgan fingerprint density at radius 3 is 2.33 bits per heavy atom. The smallest absolute Gasteiger partial charge is 0.304 e. The Hall–Kier alpha value is -1.58. The Kier molecular flexibility index (Phi) is 4.26. The number of nitro groups is 1. The zero-order chi connectivity index (χ0) is 15.8. The van der Waals surface area contributed by atoms with Crippen LogP contribution in [0, 0.1) is 22.9 Å². The van der Waals surface area contributed by atoms with Crippen molar-refractivity contribution in [1.29, 1.82) is 0 Å². The van der Waals surface area contributed by atoms with E-state index in [4.69, 9.17) is 0 Å². The monoisotopic (exact) mass is 317 g/mol. The average molecular weight is 317 g/mol. The van der Waals surface area contributed by atoms with Gasteiger partial charge in [-0.25, -0.2) is 8.42 Å². The lowest BCUT2D eigenvalue weighted by atomic mass is 10.2. The molecule has 0 spiro atoms. The summed E-state index contributed by atoms with van der Waals surface area (Å²) in [4.78, 5) is 11.7. The number of aryl methyl sites for hydroxylation is 1.